The molecule has 0 bridgehead atoms. The van der Waals surface area contributed by atoms with Crippen molar-refractivity contribution in [2.45, 2.75) is 6.54 Å². The lowest BCUT2D eigenvalue weighted by atomic mass is 10.2. The number of benzene rings is 1. The summed E-state index contributed by atoms with van der Waals surface area (Å²) in [4.78, 5) is 16.5. The Morgan fingerprint density at radius 2 is 2.15 bits per heavy atom. The number of rotatable bonds is 1. The zero-order valence-electron chi connectivity index (χ0n) is 10.5. The number of hydrogen-bond donors (Lipinski definition) is 1. The summed E-state index contributed by atoms with van der Waals surface area (Å²) < 4.78 is 7.25. The fourth-order valence-electron chi connectivity index (χ4n) is 2.41. The summed E-state index contributed by atoms with van der Waals surface area (Å²) in [6.45, 7) is 0.488. The number of imidazole rings is 1. The summed E-state index contributed by atoms with van der Waals surface area (Å²) in [5.74, 6) is 1.13. The largest absolute Gasteiger partial charge is 0.465 e. The van der Waals surface area contributed by atoms with E-state index in [9.17, 15) is 4.79 Å². The van der Waals surface area contributed by atoms with Gasteiger partial charge in [-0.15, -0.1) is 0 Å². The highest BCUT2D eigenvalue weighted by Crippen LogP contribution is 2.25. The van der Waals surface area contributed by atoms with Crippen LogP contribution in [0.4, 0.5) is 5.95 Å². The van der Waals surface area contributed by atoms with Gasteiger partial charge in [-0.3, -0.25) is 10.1 Å². The van der Waals surface area contributed by atoms with Crippen molar-refractivity contribution in [3.05, 3.63) is 54.0 Å². The standard InChI is InChI=1S/C15H11N3O2/c19-14-10(8-11-4-3-7-20-11)9-18-13-6-2-1-5-12(13)16-15(18)17-14/h1-8H,9H2,(H,16,17,19)/b10-8+. The Morgan fingerprint density at radius 3 is 3.00 bits per heavy atom. The number of hydrogen-bond acceptors (Lipinski definition) is 3. The van der Waals surface area contributed by atoms with Gasteiger partial charge in [-0.1, -0.05) is 12.1 Å². The Balaban J connectivity index is 1.83. The van der Waals surface area contributed by atoms with Gasteiger partial charge >= 0.3 is 0 Å². The van der Waals surface area contributed by atoms with Gasteiger partial charge in [-0.05, 0) is 30.3 Å². The van der Waals surface area contributed by atoms with Crippen LogP contribution in [0.3, 0.4) is 0 Å². The van der Waals surface area contributed by atoms with Crippen molar-refractivity contribution in [2.75, 3.05) is 5.32 Å². The summed E-state index contributed by atoms with van der Waals surface area (Å²) in [5, 5.41) is 2.81. The van der Waals surface area contributed by atoms with Gasteiger partial charge in [0.2, 0.25) is 5.95 Å². The first-order valence-corrected chi connectivity index (χ1v) is 6.32. The maximum Gasteiger partial charge on any atom is 0.255 e. The van der Waals surface area contributed by atoms with Gasteiger partial charge in [-0.25, -0.2) is 4.98 Å². The number of fused-ring (bicyclic) bond motifs is 3. The van der Waals surface area contributed by atoms with Gasteiger partial charge in [0.25, 0.3) is 5.91 Å². The predicted octanol–water partition coefficient (Wildman–Crippen LogP) is 2.67. The molecule has 0 unspecified atom stereocenters. The van der Waals surface area contributed by atoms with E-state index >= 15 is 0 Å². The van der Waals surface area contributed by atoms with Gasteiger partial charge in [0.1, 0.15) is 5.76 Å². The summed E-state index contributed by atoms with van der Waals surface area (Å²) in [6, 6.07) is 11.4. The average molecular weight is 265 g/mol. The van der Waals surface area contributed by atoms with E-state index in [0.29, 0.717) is 23.8 Å². The van der Waals surface area contributed by atoms with Crippen molar-refractivity contribution in [2.24, 2.45) is 0 Å². The van der Waals surface area contributed by atoms with Gasteiger partial charge in [0, 0.05) is 5.57 Å². The molecule has 1 aliphatic heterocycles. The van der Waals surface area contributed by atoms with Crippen LogP contribution in [0.25, 0.3) is 17.1 Å². The first kappa shape index (κ1) is 11.0. The molecule has 20 heavy (non-hydrogen) atoms. The molecule has 0 spiro atoms. The molecule has 5 nitrogen and oxygen atoms in total. The van der Waals surface area contributed by atoms with Crippen LogP contribution in [0.2, 0.25) is 0 Å². The fourth-order valence-corrected chi connectivity index (χ4v) is 2.41. The fraction of sp³-hybridized carbons (Fsp3) is 0.0667. The highest BCUT2D eigenvalue weighted by atomic mass is 16.3. The number of aromatic nitrogens is 2. The van der Waals surface area contributed by atoms with Crippen LogP contribution in [0.15, 0.2) is 52.7 Å². The minimum Gasteiger partial charge on any atom is -0.465 e. The smallest absolute Gasteiger partial charge is 0.255 e. The lowest BCUT2D eigenvalue weighted by molar-refractivity contribution is -0.113. The maximum absolute atomic E-state index is 12.1. The van der Waals surface area contributed by atoms with Gasteiger partial charge in [0.05, 0.1) is 23.8 Å². The number of nitrogens with one attached hydrogen (secondary N) is 1. The topological polar surface area (TPSA) is 60.1 Å². The maximum atomic E-state index is 12.1. The molecule has 5 heteroatoms. The first-order valence-electron chi connectivity index (χ1n) is 6.32. The zero-order chi connectivity index (χ0) is 13.5. The van der Waals surface area contributed by atoms with E-state index in [1.165, 1.54) is 0 Å². The van der Waals surface area contributed by atoms with E-state index in [1.807, 2.05) is 34.9 Å². The molecular formula is C15H11N3O2. The molecule has 0 radical (unpaired) electrons. The third kappa shape index (κ3) is 1.64. The second kappa shape index (κ2) is 4.09. The van der Waals surface area contributed by atoms with E-state index in [-0.39, 0.29) is 5.91 Å². The highest BCUT2D eigenvalue weighted by molar-refractivity contribution is 6.08. The highest BCUT2D eigenvalue weighted by Gasteiger charge is 2.23. The van der Waals surface area contributed by atoms with Crippen LogP contribution in [-0.2, 0) is 11.3 Å². The number of para-hydroxylation sites is 2. The molecule has 1 N–H and O–H groups in total. The lowest BCUT2D eigenvalue weighted by Gasteiger charge is -2.17. The summed E-state index contributed by atoms with van der Waals surface area (Å²) >= 11 is 0. The van der Waals surface area contributed by atoms with Crippen LogP contribution in [0, 0.1) is 0 Å². The van der Waals surface area contributed by atoms with E-state index in [1.54, 1.807) is 18.4 Å². The Bertz CT molecular complexity index is 828. The summed E-state index contributed by atoms with van der Waals surface area (Å²) in [7, 11) is 0. The van der Waals surface area contributed by atoms with Crippen molar-refractivity contribution in [3.63, 3.8) is 0 Å². The third-order valence-corrected chi connectivity index (χ3v) is 3.36. The normalized spacial score (nSPS) is 16.4. The number of anilines is 1. The van der Waals surface area contributed by atoms with Crippen molar-refractivity contribution >= 4 is 29.0 Å². The molecular weight excluding hydrogens is 254 g/mol. The van der Waals surface area contributed by atoms with Crippen LogP contribution in [0.1, 0.15) is 5.76 Å². The Labute approximate surface area is 114 Å². The quantitative estimate of drug-likeness (QED) is 0.688. The Morgan fingerprint density at radius 1 is 1.25 bits per heavy atom. The van der Waals surface area contributed by atoms with Crippen LogP contribution < -0.4 is 5.32 Å². The summed E-state index contributed by atoms with van der Waals surface area (Å²) in [6.07, 6.45) is 3.35. The molecule has 3 heterocycles. The van der Waals surface area contributed by atoms with Crippen molar-refractivity contribution in [3.8, 4) is 0 Å². The Hall–Kier alpha value is -2.82. The van der Waals surface area contributed by atoms with Crippen molar-refractivity contribution in [1.82, 2.24) is 9.55 Å². The molecule has 98 valence electrons. The molecule has 1 aromatic carbocycles. The predicted molar refractivity (Wildman–Crippen MR) is 75.0 cm³/mol. The van der Waals surface area contributed by atoms with Gasteiger partial charge in [-0.2, -0.15) is 0 Å². The van der Waals surface area contributed by atoms with Crippen molar-refractivity contribution in [1.29, 1.82) is 0 Å². The van der Waals surface area contributed by atoms with Crippen LogP contribution in [0.5, 0.6) is 0 Å². The molecule has 2 aromatic heterocycles. The first-order chi connectivity index (χ1) is 9.81. The van der Waals surface area contributed by atoms with E-state index in [0.717, 1.165) is 11.0 Å². The van der Waals surface area contributed by atoms with E-state index in [2.05, 4.69) is 10.3 Å². The van der Waals surface area contributed by atoms with Crippen molar-refractivity contribution < 1.29 is 9.21 Å². The minimum absolute atomic E-state index is 0.135. The molecule has 4 rings (SSSR count). The third-order valence-electron chi connectivity index (χ3n) is 3.36. The molecule has 0 atom stereocenters. The molecule has 0 saturated carbocycles. The van der Waals surface area contributed by atoms with Crippen LogP contribution in [-0.4, -0.2) is 15.5 Å². The minimum atomic E-state index is -0.135. The number of carbonyl (C=O) groups is 1. The zero-order valence-corrected chi connectivity index (χ0v) is 10.5. The molecule has 0 aliphatic carbocycles. The van der Waals surface area contributed by atoms with Crippen LogP contribution >= 0.6 is 0 Å². The second-order valence-electron chi connectivity index (χ2n) is 4.65. The van der Waals surface area contributed by atoms with E-state index in [4.69, 9.17) is 4.42 Å². The molecule has 0 fully saturated rings. The molecule has 3 aromatic rings. The van der Waals surface area contributed by atoms with Gasteiger partial charge < -0.3 is 8.98 Å². The van der Waals surface area contributed by atoms with Gasteiger partial charge in [0.15, 0.2) is 0 Å². The SMILES string of the molecule is O=C1Nc2nc3ccccc3n2C/C1=C\c1ccco1. The lowest BCUT2D eigenvalue weighted by Crippen LogP contribution is -2.26. The molecule has 1 aliphatic rings. The number of amides is 1. The molecule has 1 amide bonds. The Kier molecular flexibility index (Phi) is 2.26. The number of carbonyl (C=O) groups excluding carboxylic acids is 1. The monoisotopic (exact) mass is 265 g/mol. The number of furan rings is 1. The van der Waals surface area contributed by atoms with E-state index < -0.39 is 0 Å². The summed E-state index contributed by atoms with van der Waals surface area (Å²) in [5.41, 5.74) is 2.53. The average Bonchev–Trinajstić information content (AvgIpc) is 3.07. The molecule has 0 saturated heterocycles. The second-order valence-corrected chi connectivity index (χ2v) is 4.65. The number of nitrogens with zero attached hydrogens (tertiary/aromatic N) is 2.